The van der Waals surface area contributed by atoms with Crippen LogP contribution in [0.4, 0.5) is 29.0 Å². The summed E-state index contributed by atoms with van der Waals surface area (Å²) in [5.74, 6) is 2.14. The normalized spacial score (nSPS) is 13.5. The van der Waals surface area contributed by atoms with Gasteiger partial charge in [0.25, 0.3) is 0 Å². The molecule has 1 saturated heterocycles. The van der Waals surface area contributed by atoms with Crippen LogP contribution >= 0.6 is 0 Å². The van der Waals surface area contributed by atoms with Crippen molar-refractivity contribution >= 4 is 46.0 Å². The molecule has 5 aromatic rings. The van der Waals surface area contributed by atoms with Crippen LogP contribution in [0.25, 0.3) is 16.9 Å². The highest BCUT2D eigenvalue weighted by molar-refractivity contribution is 5.90. The summed E-state index contributed by atoms with van der Waals surface area (Å²) in [6.07, 6.45) is 3.60. The number of benzene rings is 2. The lowest BCUT2D eigenvalue weighted by Gasteiger charge is -2.35. The highest BCUT2D eigenvalue weighted by Crippen LogP contribution is 2.28. The number of hydrogen-bond donors (Lipinski definition) is 2. The second-order valence-electron chi connectivity index (χ2n) is 9.04. The molecule has 3 aromatic heterocycles. The number of imidazole rings is 1. The first kappa shape index (κ1) is 23.4. The molecule has 1 aliphatic rings. The lowest BCUT2D eigenvalue weighted by Crippen LogP contribution is -2.47. The van der Waals surface area contributed by atoms with E-state index in [0.29, 0.717) is 17.3 Å². The Bertz CT molecular complexity index is 1540. The molecule has 1 fully saturated rings. The first-order valence-corrected chi connectivity index (χ1v) is 12.5. The lowest BCUT2D eigenvalue weighted by molar-refractivity contribution is -0.114. The summed E-state index contributed by atoms with van der Waals surface area (Å²) in [7, 11) is 0. The fourth-order valence-corrected chi connectivity index (χ4v) is 4.55. The number of piperazine rings is 1. The zero-order chi connectivity index (χ0) is 25.9. The third-order valence-electron chi connectivity index (χ3n) is 6.42. The van der Waals surface area contributed by atoms with Gasteiger partial charge in [-0.2, -0.15) is 9.97 Å². The van der Waals surface area contributed by atoms with Gasteiger partial charge in [0.05, 0.1) is 0 Å². The summed E-state index contributed by atoms with van der Waals surface area (Å²) in [5, 5.41) is 6.21. The highest BCUT2D eigenvalue weighted by atomic mass is 16.1. The van der Waals surface area contributed by atoms with Gasteiger partial charge in [-0.3, -0.25) is 9.36 Å². The molecular formula is C28H27N9O. The van der Waals surface area contributed by atoms with Crippen LogP contribution in [0.2, 0.25) is 0 Å². The second kappa shape index (κ2) is 10.2. The number of rotatable bonds is 6. The molecule has 0 saturated carbocycles. The summed E-state index contributed by atoms with van der Waals surface area (Å²) in [4.78, 5) is 34.9. The maximum atomic E-state index is 11.4. The van der Waals surface area contributed by atoms with Gasteiger partial charge >= 0.3 is 0 Å². The number of nitrogens with zero attached hydrogens (tertiary/aromatic N) is 7. The van der Waals surface area contributed by atoms with Gasteiger partial charge in [0.1, 0.15) is 12.1 Å². The lowest BCUT2D eigenvalue weighted by atomic mass is 10.2. The Labute approximate surface area is 220 Å². The third-order valence-corrected chi connectivity index (χ3v) is 6.42. The minimum Gasteiger partial charge on any atom is -0.353 e. The van der Waals surface area contributed by atoms with Crippen LogP contribution in [0, 0.1) is 0 Å². The number of anilines is 5. The molecule has 10 nitrogen and oxygen atoms in total. The Morgan fingerprint density at radius 1 is 0.789 bits per heavy atom. The molecule has 0 aliphatic carbocycles. The van der Waals surface area contributed by atoms with Crippen LogP contribution in [-0.4, -0.2) is 56.6 Å². The number of para-hydroxylation sites is 1. The molecule has 0 spiro atoms. The van der Waals surface area contributed by atoms with Crippen LogP contribution in [0.3, 0.4) is 0 Å². The number of aromatic nitrogens is 5. The average Bonchev–Trinajstić information content (AvgIpc) is 3.39. The monoisotopic (exact) mass is 505 g/mol. The molecule has 2 N–H and O–H groups in total. The molecule has 38 heavy (non-hydrogen) atoms. The van der Waals surface area contributed by atoms with E-state index in [9.17, 15) is 4.79 Å². The molecule has 0 atom stereocenters. The van der Waals surface area contributed by atoms with Crippen LogP contribution in [0.1, 0.15) is 6.92 Å². The van der Waals surface area contributed by atoms with E-state index in [1.807, 2.05) is 83.6 Å². The molecule has 2 aromatic carbocycles. The van der Waals surface area contributed by atoms with Crippen molar-refractivity contribution in [3.05, 3.63) is 85.3 Å². The minimum atomic E-state index is -0.109. The van der Waals surface area contributed by atoms with Gasteiger partial charge < -0.3 is 20.4 Å². The number of pyridine rings is 1. The molecule has 190 valence electrons. The molecule has 1 aliphatic heterocycles. The fraction of sp³-hybridized carbons (Fsp3) is 0.179. The topological polar surface area (TPSA) is 104 Å². The van der Waals surface area contributed by atoms with E-state index >= 15 is 0 Å². The Kier molecular flexibility index (Phi) is 6.27. The summed E-state index contributed by atoms with van der Waals surface area (Å²) in [6, 6.07) is 23.5. The van der Waals surface area contributed by atoms with Crippen LogP contribution < -0.4 is 20.4 Å². The van der Waals surface area contributed by atoms with E-state index in [2.05, 4.69) is 30.4 Å². The van der Waals surface area contributed by atoms with Gasteiger partial charge in [0.2, 0.25) is 11.9 Å². The predicted molar refractivity (Wildman–Crippen MR) is 149 cm³/mol. The number of carbonyl (C=O) groups excluding carboxylic acids is 1. The van der Waals surface area contributed by atoms with Crippen molar-refractivity contribution in [2.45, 2.75) is 6.92 Å². The van der Waals surface area contributed by atoms with Gasteiger partial charge in [-0.15, -0.1) is 0 Å². The molecule has 0 unspecified atom stereocenters. The van der Waals surface area contributed by atoms with E-state index in [0.717, 1.165) is 54.7 Å². The Balaban J connectivity index is 1.33. The third kappa shape index (κ3) is 4.83. The van der Waals surface area contributed by atoms with E-state index in [-0.39, 0.29) is 5.91 Å². The molecule has 6 rings (SSSR count). The first-order valence-electron chi connectivity index (χ1n) is 12.5. The van der Waals surface area contributed by atoms with Gasteiger partial charge in [-0.25, -0.2) is 9.97 Å². The zero-order valence-electron chi connectivity index (χ0n) is 21.0. The van der Waals surface area contributed by atoms with Gasteiger partial charge in [0, 0.05) is 56.4 Å². The van der Waals surface area contributed by atoms with E-state index in [1.165, 1.54) is 6.92 Å². The van der Waals surface area contributed by atoms with Crippen molar-refractivity contribution in [1.29, 1.82) is 0 Å². The number of fused-ring (bicyclic) bond motifs is 1. The molecule has 4 heterocycles. The summed E-state index contributed by atoms with van der Waals surface area (Å²) < 4.78 is 1.98. The fourth-order valence-electron chi connectivity index (χ4n) is 4.55. The van der Waals surface area contributed by atoms with Crippen LogP contribution in [0.15, 0.2) is 85.3 Å². The Hall–Kier alpha value is -4.99. The largest absolute Gasteiger partial charge is 0.353 e. The van der Waals surface area contributed by atoms with Crippen molar-refractivity contribution in [2.75, 3.05) is 46.6 Å². The quantitative estimate of drug-likeness (QED) is 0.353. The standard InChI is InChI=1S/C28H27N9O/c1-20(38)31-21-10-12-22(13-11-21)32-26-25-27(37(19-30-25)23-7-3-2-4-8-23)34-28(33-26)36-17-15-35(16-18-36)24-9-5-6-14-29-24/h2-14,19H,15-18H2,1H3,(H,31,38)(H,32,33,34). The maximum absolute atomic E-state index is 11.4. The van der Waals surface area contributed by atoms with Crippen molar-refractivity contribution in [3.63, 3.8) is 0 Å². The van der Waals surface area contributed by atoms with Crippen LogP contribution in [0.5, 0.6) is 0 Å². The van der Waals surface area contributed by atoms with Gasteiger partial charge in [0.15, 0.2) is 17.0 Å². The van der Waals surface area contributed by atoms with E-state index < -0.39 is 0 Å². The van der Waals surface area contributed by atoms with E-state index in [4.69, 9.17) is 9.97 Å². The van der Waals surface area contributed by atoms with Crippen LogP contribution in [-0.2, 0) is 4.79 Å². The van der Waals surface area contributed by atoms with Gasteiger partial charge in [-0.05, 0) is 48.5 Å². The van der Waals surface area contributed by atoms with Crippen molar-refractivity contribution in [2.24, 2.45) is 0 Å². The molecule has 0 radical (unpaired) electrons. The predicted octanol–water partition coefficient (Wildman–Crippen LogP) is 4.24. The minimum absolute atomic E-state index is 0.109. The van der Waals surface area contributed by atoms with Crippen molar-refractivity contribution in [1.82, 2.24) is 24.5 Å². The summed E-state index contributed by atoms with van der Waals surface area (Å²) in [5.41, 5.74) is 3.95. The SMILES string of the molecule is CC(=O)Nc1ccc(Nc2nc(N3CCN(c4ccccn4)CC3)nc3c2ncn3-c2ccccc2)cc1. The number of carbonyl (C=O) groups is 1. The number of hydrogen-bond acceptors (Lipinski definition) is 8. The molecular weight excluding hydrogens is 478 g/mol. The summed E-state index contributed by atoms with van der Waals surface area (Å²) >= 11 is 0. The average molecular weight is 506 g/mol. The smallest absolute Gasteiger partial charge is 0.229 e. The summed E-state index contributed by atoms with van der Waals surface area (Å²) in [6.45, 7) is 4.68. The second-order valence-corrected chi connectivity index (χ2v) is 9.04. The van der Waals surface area contributed by atoms with E-state index in [1.54, 1.807) is 6.33 Å². The zero-order valence-corrected chi connectivity index (χ0v) is 21.0. The molecule has 10 heteroatoms. The number of nitrogens with one attached hydrogen (secondary N) is 2. The van der Waals surface area contributed by atoms with Crippen molar-refractivity contribution < 1.29 is 4.79 Å². The first-order chi connectivity index (χ1) is 18.6. The Morgan fingerprint density at radius 3 is 2.21 bits per heavy atom. The van der Waals surface area contributed by atoms with Crippen molar-refractivity contribution in [3.8, 4) is 5.69 Å². The molecule has 0 bridgehead atoms. The number of amides is 1. The van der Waals surface area contributed by atoms with Gasteiger partial charge in [-0.1, -0.05) is 24.3 Å². The molecule has 1 amide bonds. The Morgan fingerprint density at radius 2 is 1.50 bits per heavy atom. The highest BCUT2D eigenvalue weighted by Gasteiger charge is 2.23. The maximum Gasteiger partial charge on any atom is 0.229 e.